The molecule has 1 aliphatic rings. The molecule has 112 valence electrons. The number of rotatable bonds is 4. The van der Waals surface area contributed by atoms with Gasteiger partial charge >= 0.3 is 0 Å². The van der Waals surface area contributed by atoms with Crippen LogP contribution in [0, 0.1) is 5.92 Å². The number of nitrogens with two attached hydrogens (primary N) is 1. The lowest BCUT2D eigenvalue weighted by molar-refractivity contribution is 0.143. The lowest BCUT2D eigenvalue weighted by Gasteiger charge is -2.35. The van der Waals surface area contributed by atoms with Crippen LogP contribution in [0.25, 0.3) is 0 Å². The van der Waals surface area contributed by atoms with Gasteiger partial charge in [0.2, 0.25) is 0 Å². The van der Waals surface area contributed by atoms with Crippen molar-refractivity contribution >= 4 is 21.2 Å². The van der Waals surface area contributed by atoms with Gasteiger partial charge in [0.15, 0.2) is 9.84 Å². The van der Waals surface area contributed by atoms with Gasteiger partial charge in [0, 0.05) is 26.5 Å². The average Bonchev–Trinajstić information content (AvgIpc) is 2.38. The van der Waals surface area contributed by atoms with Crippen molar-refractivity contribution in [1.29, 1.82) is 0 Å². The molecule has 1 atom stereocenters. The molecule has 0 saturated carbocycles. The van der Waals surface area contributed by atoms with Crippen LogP contribution in [0.2, 0.25) is 0 Å². The summed E-state index contributed by atoms with van der Waals surface area (Å²) >= 11 is 0. The molecule has 6 heteroatoms. The summed E-state index contributed by atoms with van der Waals surface area (Å²) in [6.07, 6.45) is 3.39. The van der Waals surface area contributed by atoms with Crippen molar-refractivity contribution in [3.63, 3.8) is 0 Å². The monoisotopic (exact) mass is 298 g/mol. The number of piperidine rings is 1. The Morgan fingerprint density at radius 3 is 2.85 bits per heavy atom. The van der Waals surface area contributed by atoms with Crippen LogP contribution in [-0.4, -0.2) is 41.5 Å². The van der Waals surface area contributed by atoms with E-state index in [0.29, 0.717) is 11.6 Å². The quantitative estimate of drug-likeness (QED) is 0.854. The summed E-state index contributed by atoms with van der Waals surface area (Å²) in [5.41, 5.74) is 7.24. The minimum Gasteiger partial charge on any atom is -0.396 e. The predicted molar refractivity (Wildman–Crippen MR) is 80.8 cm³/mol. The first-order chi connectivity index (χ1) is 9.43. The molecule has 1 heterocycles. The standard InChI is InChI=1S/C14H22N2O3S/c1-19-10-11-5-4-8-16(9-11)12-6-3-7-13(14(12)15)20(2,17)18/h3,6-7,11H,4-5,8-10,15H2,1-2H3. The Morgan fingerprint density at radius 1 is 1.45 bits per heavy atom. The van der Waals surface area contributed by atoms with E-state index in [1.54, 1.807) is 19.2 Å². The van der Waals surface area contributed by atoms with E-state index in [1.165, 1.54) is 6.26 Å². The van der Waals surface area contributed by atoms with Gasteiger partial charge in [-0.3, -0.25) is 0 Å². The Bertz CT molecular complexity index is 570. The highest BCUT2D eigenvalue weighted by Crippen LogP contribution is 2.32. The van der Waals surface area contributed by atoms with Crippen molar-refractivity contribution in [3.8, 4) is 0 Å². The number of sulfone groups is 1. The molecular weight excluding hydrogens is 276 g/mol. The molecule has 1 aromatic carbocycles. The number of methoxy groups -OCH3 is 1. The van der Waals surface area contributed by atoms with Crippen LogP contribution >= 0.6 is 0 Å². The first-order valence-corrected chi connectivity index (χ1v) is 8.65. The van der Waals surface area contributed by atoms with Crippen molar-refractivity contribution in [2.24, 2.45) is 5.92 Å². The second kappa shape index (κ2) is 6.01. The van der Waals surface area contributed by atoms with Gasteiger partial charge in [0.25, 0.3) is 0 Å². The number of para-hydroxylation sites is 1. The molecule has 1 fully saturated rings. The molecular formula is C14H22N2O3S. The van der Waals surface area contributed by atoms with Crippen LogP contribution in [0.5, 0.6) is 0 Å². The first kappa shape index (κ1) is 15.1. The average molecular weight is 298 g/mol. The zero-order valence-electron chi connectivity index (χ0n) is 12.0. The fraction of sp³-hybridized carbons (Fsp3) is 0.571. The van der Waals surface area contributed by atoms with Crippen LogP contribution in [0.1, 0.15) is 12.8 Å². The first-order valence-electron chi connectivity index (χ1n) is 6.76. The number of nitrogens with zero attached hydrogens (tertiary/aromatic N) is 1. The lowest BCUT2D eigenvalue weighted by Crippen LogP contribution is -2.37. The van der Waals surface area contributed by atoms with Crippen molar-refractivity contribution in [3.05, 3.63) is 18.2 Å². The largest absolute Gasteiger partial charge is 0.396 e. The van der Waals surface area contributed by atoms with E-state index < -0.39 is 9.84 Å². The van der Waals surface area contributed by atoms with Gasteiger partial charge in [0.1, 0.15) is 0 Å². The maximum Gasteiger partial charge on any atom is 0.177 e. The number of benzene rings is 1. The van der Waals surface area contributed by atoms with Gasteiger partial charge < -0.3 is 15.4 Å². The highest BCUT2D eigenvalue weighted by Gasteiger charge is 2.23. The lowest BCUT2D eigenvalue weighted by atomic mass is 9.98. The van der Waals surface area contributed by atoms with Gasteiger partial charge in [-0.05, 0) is 30.9 Å². The topological polar surface area (TPSA) is 72.6 Å². The maximum atomic E-state index is 11.7. The van der Waals surface area contributed by atoms with E-state index in [-0.39, 0.29) is 4.90 Å². The second-order valence-corrected chi connectivity index (χ2v) is 7.35. The van der Waals surface area contributed by atoms with E-state index in [2.05, 4.69) is 4.90 Å². The highest BCUT2D eigenvalue weighted by molar-refractivity contribution is 7.90. The predicted octanol–water partition coefficient (Wildman–Crippen LogP) is 1.54. The molecule has 0 bridgehead atoms. The summed E-state index contributed by atoms with van der Waals surface area (Å²) in [7, 11) is -1.59. The molecule has 0 amide bonds. The Labute approximate surface area is 120 Å². The summed E-state index contributed by atoms with van der Waals surface area (Å²) in [5, 5.41) is 0. The van der Waals surface area contributed by atoms with Crippen LogP contribution in [0.15, 0.2) is 23.1 Å². The Balaban J connectivity index is 2.29. The molecule has 0 aromatic heterocycles. The molecule has 0 radical (unpaired) electrons. The van der Waals surface area contributed by atoms with Crippen LogP contribution in [0.4, 0.5) is 11.4 Å². The number of anilines is 2. The normalized spacial score (nSPS) is 20.1. The van der Waals surface area contributed by atoms with Gasteiger partial charge in [-0.15, -0.1) is 0 Å². The molecule has 20 heavy (non-hydrogen) atoms. The summed E-state index contributed by atoms with van der Waals surface area (Å²) < 4.78 is 28.7. The molecule has 2 N–H and O–H groups in total. The minimum absolute atomic E-state index is 0.212. The van der Waals surface area contributed by atoms with Crippen molar-refractivity contribution in [2.45, 2.75) is 17.7 Å². The molecule has 5 nitrogen and oxygen atoms in total. The van der Waals surface area contributed by atoms with E-state index >= 15 is 0 Å². The fourth-order valence-electron chi connectivity index (χ4n) is 2.79. The third-order valence-corrected chi connectivity index (χ3v) is 4.86. The van der Waals surface area contributed by atoms with E-state index in [1.807, 2.05) is 6.07 Å². The number of nitrogen functional groups attached to an aromatic ring is 1. The van der Waals surface area contributed by atoms with Gasteiger partial charge in [-0.2, -0.15) is 0 Å². The molecule has 1 saturated heterocycles. The van der Waals surface area contributed by atoms with Gasteiger partial charge in [0.05, 0.1) is 22.9 Å². The molecule has 1 aliphatic heterocycles. The zero-order chi connectivity index (χ0) is 14.8. The molecule has 0 aliphatic carbocycles. The third-order valence-electron chi connectivity index (χ3n) is 3.70. The smallest absolute Gasteiger partial charge is 0.177 e. The minimum atomic E-state index is -3.29. The summed E-state index contributed by atoms with van der Waals surface area (Å²) in [6.45, 7) is 2.48. The van der Waals surface area contributed by atoms with Crippen LogP contribution in [0.3, 0.4) is 0 Å². The van der Waals surface area contributed by atoms with Crippen molar-refractivity contribution in [1.82, 2.24) is 0 Å². The Kier molecular flexibility index (Phi) is 4.55. The number of hydrogen-bond acceptors (Lipinski definition) is 5. The highest BCUT2D eigenvalue weighted by atomic mass is 32.2. The Morgan fingerprint density at radius 2 is 2.20 bits per heavy atom. The van der Waals surface area contributed by atoms with E-state index in [0.717, 1.165) is 38.2 Å². The number of ether oxygens (including phenoxy) is 1. The van der Waals surface area contributed by atoms with Crippen molar-refractivity contribution in [2.75, 3.05) is 43.7 Å². The summed E-state index contributed by atoms with van der Waals surface area (Å²) in [5.74, 6) is 0.468. The fourth-order valence-corrected chi connectivity index (χ4v) is 3.62. The van der Waals surface area contributed by atoms with E-state index in [4.69, 9.17) is 10.5 Å². The van der Waals surface area contributed by atoms with Crippen molar-refractivity contribution < 1.29 is 13.2 Å². The molecule has 2 rings (SSSR count). The summed E-state index contributed by atoms with van der Waals surface area (Å²) in [4.78, 5) is 2.38. The van der Waals surface area contributed by atoms with Crippen LogP contribution in [-0.2, 0) is 14.6 Å². The third kappa shape index (κ3) is 3.24. The van der Waals surface area contributed by atoms with E-state index in [9.17, 15) is 8.42 Å². The van der Waals surface area contributed by atoms with Gasteiger partial charge in [-0.1, -0.05) is 6.07 Å². The second-order valence-electron chi connectivity index (χ2n) is 5.37. The molecule has 1 unspecified atom stereocenters. The zero-order valence-corrected chi connectivity index (χ0v) is 12.8. The van der Waals surface area contributed by atoms with Gasteiger partial charge in [-0.25, -0.2) is 8.42 Å². The SMILES string of the molecule is COCC1CCCN(c2cccc(S(C)(=O)=O)c2N)C1. The Hall–Kier alpha value is -1.27. The van der Waals surface area contributed by atoms with Crippen LogP contribution < -0.4 is 10.6 Å². The number of hydrogen-bond donors (Lipinski definition) is 1. The molecule has 1 aromatic rings. The maximum absolute atomic E-state index is 11.7. The molecule has 0 spiro atoms. The summed E-state index contributed by atoms with van der Waals surface area (Å²) in [6, 6.07) is 5.20.